The number of ether oxygens (including phenoxy) is 5. The fourth-order valence-electron chi connectivity index (χ4n) is 7.02. The lowest BCUT2D eigenvalue weighted by molar-refractivity contribution is -0.131. The summed E-state index contributed by atoms with van der Waals surface area (Å²) in [7, 11) is 7.29. The van der Waals surface area contributed by atoms with Crippen LogP contribution in [0.3, 0.4) is 0 Å². The number of carboxylic acids is 1. The molecule has 94 heavy (non-hydrogen) atoms. The summed E-state index contributed by atoms with van der Waals surface area (Å²) >= 11 is 0. The van der Waals surface area contributed by atoms with Gasteiger partial charge in [-0.25, -0.2) is 4.79 Å². The van der Waals surface area contributed by atoms with Crippen molar-refractivity contribution in [3.63, 3.8) is 0 Å². The van der Waals surface area contributed by atoms with Crippen LogP contribution >= 0.6 is 0 Å². The van der Waals surface area contributed by atoms with Crippen molar-refractivity contribution in [1.82, 2.24) is 0 Å². The number of hydrogen-bond acceptors (Lipinski definition) is 22. The molecule has 0 aromatic heterocycles. The van der Waals surface area contributed by atoms with Crippen molar-refractivity contribution in [2.75, 3.05) is 35.5 Å². The van der Waals surface area contributed by atoms with Gasteiger partial charge in [0.05, 0.1) is 54.9 Å². The third kappa shape index (κ3) is 29.4. The molecule has 7 aromatic rings. The van der Waals surface area contributed by atoms with Crippen molar-refractivity contribution in [2.24, 2.45) is 0 Å². The van der Waals surface area contributed by atoms with E-state index in [1.807, 2.05) is 0 Å². The molecule has 23 heteroatoms. The molecule has 494 valence electrons. The highest BCUT2D eigenvalue weighted by Gasteiger charge is 2.07. The molecule has 1 atom stereocenters. The Morgan fingerprint density at radius 3 is 1.03 bits per heavy atom. The van der Waals surface area contributed by atoms with Crippen LogP contribution in [0.15, 0.2) is 176 Å². The SMILES string of the molecule is COc1cc(/C=C/C(=O)/C=C/c2ccc(O)c(CO)c2)ccc1O.COc1cc(/C=C/C(=O)O)ccc1O.COc1cc(/C=C/C(C)O)ccc1O.COc1cc(/C=C/C=O)ccc1O.COc1cc(C=O)ccc1O.O=CC(=O)/C=C(O)/C=C/c1ccc(O)c(CO)c1. The highest BCUT2D eigenvalue weighted by molar-refractivity contribution is 6.30. The first-order valence-corrected chi connectivity index (χ1v) is 27.4. The summed E-state index contributed by atoms with van der Waals surface area (Å²) < 4.78 is 24.5. The lowest BCUT2D eigenvalue weighted by Crippen LogP contribution is -1.94. The van der Waals surface area contributed by atoms with Crippen molar-refractivity contribution >= 4 is 72.9 Å². The highest BCUT2D eigenvalue weighted by Crippen LogP contribution is 2.31. The largest absolute Gasteiger partial charge is 0.508 e. The predicted molar refractivity (Wildman–Crippen MR) is 353 cm³/mol. The first-order valence-electron chi connectivity index (χ1n) is 27.4. The molecule has 1 unspecified atom stereocenters. The lowest BCUT2D eigenvalue weighted by Gasteiger charge is -2.03. The number of aliphatic hydroxyl groups is 4. The minimum Gasteiger partial charge on any atom is -0.508 e. The molecule has 0 saturated heterocycles. The van der Waals surface area contributed by atoms with Crippen molar-refractivity contribution in [3.05, 3.63) is 226 Å². The van der Waals surface area contributed by atoms with E-state index in [9.17, 15) is 64.5 Å². The number of ketones is 2. The zero-order chi connectivity index (χ0) is 70.1. The van der Waals surface area contributed by atoms with Gasteiger partial charge < -0.3 is 85.0 Å². The predicted octanol–water partition coefficient (Wildman–Crippen LogP) is 10.1. The summed E-state index contributed by atoms with van der Waals surface area (Å²) in [6.07, 6.45) is 19.4. The highest BCUT2D eigenvalue weighted by atomic mass is 16.5. The van der Waals surface area contributed by atoms with Crippen LogP contribution in [0.5, 0.6) is 69.0 Å². The number of allylic oxidation sites excluding steroid dienone is 5. The van der Waals surface area contributed by atoms with Crippen LogP contribution in [0.4, 0.5) is 0 Å². The second-order valence-corrected chi connectivity index (χ2v) is 18.6. The Kier molecular flexibility index (Phi) is 35.4. The summed E-state index contributed by atoms with van der Waals surface area (Å²) in [5, 5.41) is 110. The Morgan fingerprint density at radius 2 is 0.713 bits per heavy atom. The molecule has 0 aliphatic carbocycles. The molecule has 12 N–H and O–H groups in total. The van der Waals surface area contributed by atoms with Gasteiger partial charge in [0.25, 0.3) is 0 Å². The minimum atomic E-state index is -1.02. The molecule has 0 aliphatic heterocycles. The molecule has 0 amide bonds. The number of carbonyl (C=O) groups excluding carboxylic acids is 5. The molecule has 0 radical (unpaired) electrons. The summed E-state index contributed by atoms with van der Waals surface area (Å²) in [5.74, 6) is -0.341. The molecule has 23 nitrogen and oxygen atoms in total. The van der Waals surface area contributed by atoms with Crippen LogP contribution in [0.25, 0.3) is 36.5 Å². The van der Waals surface area contributed by atoms with Gasteiger partial charge >= 0.3 is 5.97 Å². The molecule has 0 aliphatic rings. The van der Waals surface area contributed by atoms with Gasteiger partial charge in [0, 0.05) is 28.8 Å². The Bertz CT molecular complexity index is 3780. The normalized spacial score (nSPS) is 11.1. The molecule has 7 rings (SSSR count). The zero-order valence-corrected chi connectivity index (χ0v) is 51.7. The molecule has 0 bridgehead atoms. The van der Waals surface area contributed by atoms with Crippen molar-refractivity contribution in [1.29, 1.82) is 0 Å². The number of methoxy groups -OCH3 is 5. The maximum atomic E-state index is 11.9. The van der Waals surface area contributed by atoms with Gasteiger partial charge in [-0.1, -0.05) is 72.9 Å². The number of aliphatic hydroxyl groups excluding tert-OH is 4. The molecular weight excluding hydrogens is 1220 g/mol. The molecule has 7 aromatic carbocycles. The smallest absolute Gasteiger partial charge is 0.328 e. The van der Waals surface area contributed by atoms with Crippen LogP contribution in [0.1, 0.15) is 61.8 Å². The zero-order valence-electron chi connectivity index (χ0n) is 51.7. The first-order chi connectivity index (χ1) is 44.9. The quantitative estimate of drug-likeness (QED) is 0.00986. The minimum absolute atomic E-state index is 0.0159. The fourth-order valence-corrected chi connectivity index (χ4v) is 7.02. The number of hydrogen-bond donors (Lipinski definition) is 12. The van der Waals surface area contributed by atoms with Crippen LogP contribution in [-0.2, 0) is 37.2 Å². The van der Waals surface area contributed by atoms with E-state index >= 15 is 0 Å². The summed E-state index contributed by atoms with van der Waals surface area (Å²) in [4.78, 5) is 63.1. The van der Waals surface area contributed by atoms with Gasteiger partial charge in [-0.15, -0.1) is 0 Å². The Labute approximate surface area is 541 Å². The third-order valence-corrected chi connectivity index (χ3v) is 11.8. The summed E-state index contributed by atoms with van der Waals surface area (Å²) in [6.45, 7) is 1.09. The van der Waals surface area contributed by atoms with E-state index in [0.717, 1.165) is 28.8 Å². The Hall–Kier alpha value is -12.2. The van der Waals surface area contributed by atoms with Gasteiger partial charge in [0.1, 0.15) is 29.8 Å². The topological polar surface area (TPSA) is 391 Å². The van der Waals surface area contributed by atoms with Crippen molar-refractivity contribution in [3.8, 4) is 69.0 Å². The molecule has 0 spiro atoms. The number of phenols is 7. The molecule has 0 saturated carbocycles. The fraction of sp³-hybridized carbons (Fsp3) is 0.127. The number of aromatic hydroxyl groups is 7. The monoisotopic (exact) mass is 1290 g/mol. The second kappa shape index (κ2) is 42.7. The van der Waals surface area contributed by atoms with E-state index < -0.39 is 17.9 Å². The molecule has 0 heterocycles. The van der Waals surface area contributed by atoms with Crippen LogP contribution in [-0.4, -0.2) is 139 Å². The number of rotatable bonds is 22. The Balaban J connectivity index is 0.000000392. The summed E-state index contributed by atoms with van der Waals surface area (Å²) in [6, 6.07) is 32.9. The van der Waals surface area contributed by atoms with E-state index in [4.69, 9.17) is 49.2 Å². The van der Waals surface area contributed by atoms with Gasteiger partial charge in [-0.2, -0.15) is 0 Å². The summed E-state index contributed by atoms with van der Waals surface area (Å²) in [5.41, 5.74) is 5.61. The van der Waals surface area contributed by atoms with E-state index in [-0.39, 0.29) is 71.3 Å². The molecular formula is C71H72O23. The Morgan fingerprint density at radius 1 is 0.404 bits per heavy atom. The van der Waals surface area contributed by atoms with Crippen molar-refractivity contribution < 1.29 is 114 Å². The van der Waals surface area contributed by atoms with Crippen LogP contribution < -0.4 is 23.7 Å². The first kappa shape index (κ1) is 77.9. The number of carbonyl (C=O) groups is 6. The van der Waals surface area contributed by atoms with Crippen LogP contribution in [0.2, 0.25) is 0 Å². The average molecular weight is 1290 g/mol. The second-order valence-electron chi connectivity index (χ2n) is 18.6. The van der Waals surface area contributed by atoms with Crippen LogP contribution in [0, 0.1) is 0 Å². The number of benzene rings is 7. The number of carboxylic acid groups (broad SMARTS) is 1. The third-order valence-electron chi connectivity index (χ3n) is 11.8. The number of aliphatic carboxylic acids is 1. The molecule has 0 fully saturated rings. The van der Waals surface area contributed by atoms with Crippen molar-refractivity contribution in [2.45, 2.75) is 26.2 Å². The van der Waals surface area contributed by atoms with E-state index in [1.54, 1.807) is 110 Å². The number of phenolic OH excluding ortho intramolecular Hbond substituents is 5. The van der Waals surface area contributed by atoms with E-state index in [1.165, 1.54) is 127 Å². The lowest BCUT2D eigenvalue weighted by atomic mass is 10.1. The van der Waals surface area contributed by atoms with E-state index in [2.05, 4.69) is 0 Å². The maximum Gasteiger partial charge on any atom is 0.328 e. The van der Waals surface area contributed by atoms with Gasteiger partial charge in [0.2, 0.25) is 5.78 Å². The van der Waals surface area contributed by atoms with Gasteiger partial charge in [-0.3, -0.25) is 24.0 Å². The maximum absolute atomic E-state index is 11.9. The standard InChI is InChI=1S/C19H18O5.C13H12O5.C11H14O3.C10H10O4.C10H10O3.C8H8O3/c1-24-19-11-14(5-9-18(19)23)3-7-16(21)6-2-13-4-8-17(22)15(10-13)12-20;14-7-10-5-9(2-4-13(10)18)1-3-11(16)6-12(17)8-15;1-8(12)3-4-9-5-6-10(13)11(7-9)14-2;1-14-9-6-7(2-4-8(9)11)3-5-10(12)13;1-13-10-7-8(3-2-6-11)4-5-9(10)12;1-11-8-4-6(5-9)2-3-7(8)10/h2-11,20,22-23H,12H2,1H3;1-6,8,14,16,18H,7H2;3-8,12-13H,1-2H3;2-6,11H,1H3,(H,12,13);2-7,12H,1H3;2-5,10H,1H3/b6-2+,7-3+;3-1+,11-6-;4-3+;5-3+;3-2+;. The van der Waals surface area contributed by atoms with Gasteiger partial charge in [-0.05, 0) is 162 Å². The van der Waals surface area contributed by atoms with Gasteiger partial charge in [0.15, 0.2) is 69.6 Å². The average Bonchev–Trinajstić information content (AvgIpc) is 3.61. The van der Waals surface area contributed by atoms with E-state index in [0.29, 0.717) is 74.7 Å². The number of aldehydes is 3.